The van der Waals surface area contributed by atoms with Crippen molar-refractivity contribution < 1.29 is 29.3 Å². The fraction of sp³-hybridized carbons (Fsp3) is 0.273. The van der Waals surface area contributed by atoms with Crippen LogP contribution in [0, 0.1) is 0 Å². The molecular weight excluding hydrogens is 402 g/mol. The van der Waals surface area contributed by atoms with Crippen LogP contribution in [0.15, 0.2) is 43.0 Å². The molecule has 0 spiro atoms. The molecule has 9 heteroatoms. The van der Waals surface area contributed by atoms with Crippen LogP contribution in [0.1, 0.15) is 23.7 Å². The summed E-state index contributed by atoms with van der Waals surface area (Å²) in [6, 6.07) is 10.4. The van der Waals surface area contributed by atoms with E-state index in [0.717, 1.165) is 11.3 Å². The molecule has 0 aliphatic carbocycles. The lowest BCUT2D eigenvalue weighted by atomic mass is 10.1. The van der Waals surface area contributed by atoms with E-state index in [1.807, 2.05) is 24.3 Å². The topological polar surface area (TPSA) is 120 Å². The number of phenolic OH excluding ortho intramolecular Hbond substituents is 1. The number of aromatic hydroxyl groups is 1. The van der Waals surface area contributed by atoms with Crippen molar-refractivity contribution in [3.05, 3.63) is 54.1 Å². The molecule has 0 saturated carbocycles. The van der Waals surface area contributed by atoms with Gasteiger partial charge in [-0.2, -0.15) is 0 Å². The van der Waals surface area contributed by atoms with E-state index in [0.29, 0.717) is 30.8 Å². The van der Waals surface area contributed by atoms with Crippen LogP contribution >= 0.6 is 0 Å². The number of benzene rings is 2. The summed E-state index contributed by atoms with van der Waals surface area (Å²) in [5.41, 5.74) is 2.18. The summed E-state index contributed by atoms with van der Waals surface area (Å²) >= 11 is 0. The van der Waals surface area contributed by atoms with Gasteiger partial charge in [0.15, 0.2) is 12.4 Å². The second-order valence-electron chi connectivity index (χ2n) is 7.25. The van der Waals surface area contributed by atoms with Crippen molar-refractivity contribution in [2.75, 3.05) is 36.5 Å². The Morgan fingerprint density at radius 1 is 1.23 bits per heavy atom. The zero-order valence-corrected chi connectivity index (χ0v) is 16.8. The Labute approximate surface area is 178 Å². The number of rotatable bonds is 7. The Morgan fingerprint density at radius 3 is 2.87 bits per heavy atom. The molecule has 2 aromatic rings. The fourth-order valence-electron chi connectivity index (χ4n) is 3.62. The maximum atomic E-state index is 12.2. The lowest BCUT2D eigenvalue weighted by molar-refractivity contribution is -0.118. The SMILES string of the molecule is C=C1OC(=O)N(CCCNCC(O)c2ccc(O)c3c2OCC(=O)N3)c2ccccc21. The van der Waals surface area contributed by atoms with Crippen molar-refractivity contribution >= 4 is 29.1 Å². The molecule has 2 aliphatic heterocycles. The van der Waals surface area contributed by atoms with Crippen molar-refractivity contribution in [1.29, 1.82) is 0 Å². The van der Waals surface area contributed by atoms with Gasteiger partial charge in [-0.15, -0.1) is 0 Å². The highest BCUT2D eigenvalue weighted by molar-refractivity contribution is 5.98. The van der Waals surface area contributed by atoms with Crippen LogP contribution in [0.3, 0.4) is 0 Å². The number of hydrogen-bond donors (Lipinski definition) is 4. The third kappa shape index (κ3) is 4.18. The molecule has 1 atom stereocenters. The van der Waals surface area contributed by atoms with Crippen molar-refractivity contribution in [3.8, 4) is 11.5 Å². The Hall–Kier alpha value is -3.56. The second-order valence-corrected chi connectivity index (χ2v) is 7.25. The van der Waals surface area contributed by atoms with Gasteiger partial charge >= 0.3 is 6.09 Å². The molecule has 2 aliphatic rings. The largest absolute Gasteiger partial charge is 0.506 e. The normalized spacial score (nSPS) is 16.0. The maximum Gasteiger partial charge on any atom is 0.419 e. The number of para-hydroxylation sites is 1. The first-order valence-electron chi connectivity index (χ1n) is 9.90. The van der Waals surface area contributed by atoms with Crippen LogP contribution in [0.4, 0.5) is 16.2 Å². The van der Waals surface area contributed by atoms with Crippen molar-refractivity contribution in [1.82, 2.24) is 5.32 Å². The smallest absolute Gasteiger partial charge is 0.419 e. The summed E-state index contributed by atoms with van der Waals surface area (Å²) in [6.45, 7) is 4.81. The predicted molar refractivity (Wildman–Crippen MR) is 114 cm³/mol. The minimum atomic E-state index is -0.909. The summed E-state index contributed by atoms with van der Waals surface area (Å²) in [6.07, 6.45) is -0.741. The zero-order chi connectivity index (χ0) is 22.0. The molecule has 0 fully saturated rings. The minimum absolute atomic E-state index is 0.122. The maximum absolute atomic E-state index is 12.2. The number of carbonyl (C=O) groups is 2. The third-order valence-corrected chi connectivity index (χ3v) is 5.14. The number of hydrogen-bond acceptors (Lipinski definition) is 7. The van der Waals surface area contributed by atoms with Gasteiger partial charge in [-0.25, -0.2) is 4.79 Å². The lowest BCUT2D eigenvalue weighted by Crippen LogP contribution is -2.37. The van der Waals surface area contributed by atoms with Crippen LogP contribution in [0.5, 0.6) is 11.5 Å². The van der Waals surface area contributed by atoms with Crippen LogP contribution in [0.2, 0.25) is 0 Å². The lowest BCUT2D eigenvalue weighted by Gasteiger charge is -2.29. The molecule has 2 heterocycles. The van der Waals surface area contributed by atoms with Gasteiger partial charge in [-0.05, 0) is 37.2 Å². The molecule has 4 rings (SSSR count). The van der Waals surface area contributed by atoms with E-state index in [2.05, 4.69) is 17.2 Å². The highest BCUT2D eigenvalue weighted by Gasteiger charge is 2.28. The van der Waals surface area contributed by atoms with Gasteiger partial charge in [-0.1, -0.05) is 18.7 Å². The molecule has 162 valence electrons. The Balaban J connectivity index is 1.32. The van der Waals surface area contributed by atoms with Crippen molar-refractivity contribution in [2.45, 2.75) is 12.5 Å². The van der Waals surface area contributed by atoms with Crippen molar-refractivity contribution in [2.24, 2.45) is 0 Å². The number of carbonyl (C=O) groups excluding carboxylic acids is 2. The number of aliphatic hydroxyl groups is 1. The Kier molecular flexibility index (Phi) is 5.79. The summed E-state index contributed by atoms with van der Waals surface area (Å²) in [7, 11) is 0. The summed E-state index contributed by atoms with van der Waals surface area (Å²) in [5.74, 6) is 0.118. The number of ether oxygens (including phenoxy) is 2. The number of anilines is 2. The molecule has 1 unspecified atom stereocenters. The molecule has 0 aromatic heterocycles. The number of phenols is 1. The molecule has 0 saturated heterocycles. The van der Waals surface area contributed by atoms with E-state index in [1.54, 1.807) is 11.0 Å². The van der Waals surface area contributed by atoms with Gasteiger partial charge in [-0.3, -0.25) is 9.69 Å². The first-order chi connectivity index (χ1) is 15.0. The third-order valence-electron chi connectivity index (χ3n) is 5.14. The summed E-state index contributed by atoms with van der Waals surface area (Å²) < 4.78 is 10.6. The predicted octanol–water partition coefficient (Wildman–Crippen LogP) is 2.36. The molecule has 31 heavy (non-hydrogen) atoms. The number of aliphatic hydroxyl groups excluding tert-OH is 1. The van der Waals surface area contributed by atoms with Gasteiger partial charge in [0.25, 0.3) is 5.91 Å². The fourth-order valence-corrected chi connectivity index (χ4v) is 3.62. The van der Waals surface area contributed by atoms with Crippen molar-refractivity contribution in [3.63, 3.8) is 0 Å². The van der Waals surface area contributed by atoms with E-state index >= 15 is 0 Å². The zero-order valence-electron chi connectivity index (χ0n) is 16.8. The Morgan fingerprint density at radius 2 is 2.03 bits per heavy atom. The van der Waals surface area contributed by atoms with Gasteiger partial charge in [0.1, 0.15) is 17.2 Å². The van der Waals surface area contributed by atoms with E-state index < -0.39 is 12.2 Å². The number of fused-ring (bicyclic) bond motifs is 2. The van der Waals surface area contributed by atoms with Gasteiger partial charge < -0.3 is 30.3 Å². The molecule has 0 bridgehead atoms. The number of nitrogens with zero attached hydrogens (tertiary/aromatic N) is 1. The average Bonchev–Trinajstić information content (AvgIpc) is 2.76. The number of nitrogens with one attached hydrogen (secondary N) is 2. The minimum Gasteiger partial charge on any atom is -0.506 e. The van der Waals surface area contributed by atoms with Crippen LogP contribution in [-0.4, -0.2) is 48.5 Å². The van der Waals surface area contributed by atoms with Crippen LogP contribution in [-0.2, 0) is 9.53 Å². The van der Waals surface area contributed by atoms with E-state index in [-0.39, 0.29) is 36.2 Å². The monoisotopic (exact) mass is 425 g/mol. The molecule has 2 amide bonds. The Bertz CT molecular complexity index is 1040. The summed E-state index contributed by atoms with van der Waals surface area (Å²) in [4.78, 5) is 25.3. The number of amides is 2. The van der Waals surface area contributed by atoms with Crippen LogP contribution in [0.25, 0.3) is 5.76 Å². The highest BCUT2D eigenvalue weighted by atomic mass is 16.6. The van der Waals surface area contributed by atoms with Crippen LogP contribution < -0.4 is 20.3 Å². The van der Waals surface area contributed by atoms with Gasteiger partial charge in [0.2, 0.25) is 0 Å². The summed E-state index contributed by atoms with van der Waals surface area (Å²) in [5, 5.41) is 26.2. The molecule has 2 aromatic carbocycles. The first kappa shape index (κ1) is 20.7. The van der Waals surface area contributed by atoms with Gasteiger partial charge in [0.05, 0.1) is 11.8 Å². The highest BCUT2D eigenvalue weighted by Crippen LogP contribution is 2.41. The quantitative estimate of drug-likeness (QED) is 0.397. The number of cyclic esters (lactones) is 1. The van der Waals surface area contributed by atoms with E-state index in [4.69, 9.17) is 9.47 Å². The average molecular weight is 425 g/mol. The van der Waals surface area contributed by atoms with E-state index in [9.17, 15) is 19.8 Å². The molecule has 9 nitrogen and oxygen atoms in total. The first-order valence-corrected chi connectivity index (χ1v) is 9.90. The van der Waals surface area contributed by atoms with E-state index in [1.165, 1.54) is 6.07 Å². The molecule has 4 N–H and O–H groups in total. The standard InChI is InChI=1S/C22H23N3O6/c1-13-14-5-2-3-6-16(14)25(22(29)31-13)10-4-9-23-11-18(27)15-7-8-17(26)20-21(15)30-12-19(28)24-20/h2-3,5-8,18,23,26-27H,1,4,9-12H2,(H,24,28). The molecule has 0 radical (unpaired) electrons. The second kappa shape index (κ2) is 8.66. The van der Waals surface area contributed by atoms with Gasteiger partial charge in [0, 0.05) is 24.2 Å². The molecular formula is C22H23N3O6.